The Kier molecular flexibility index (Phi) is 2.74. The van der Waals surface area contributed by atoms with E-state index in [4.69, 9.17) is 9.47 Å². The van der Waals surface area contributed by atoms with Gasteiger partial charge in [-0.15, -0.1) is 0 Å². The maximum atomic E-state index is 12.7. The molecule has 2 aromatic rings. The molecule has 0 saturated carbocycles. The van der Waals surface area contributed by atoms with Crippen molar-refractivity contribution < 1.29 is 27.8 Å². The lowest BCUT2D eigenvalue weighted by molar-refractivity contribution is -0.137. The Labute approximate surface area is 112 Å². The molecular formula is C14H9F3O3. The van der Waals surface area contributed by atoms with Crippen LogP contribution in [0.3, 0.4) is 0 Å². The van der Waals surface area contributed by atoms with Gasteiger partial charge >= 0.3 is 6.18 Å². The van der Waals surface area contributed by atoms with E-state index in [2.05, 4.69) is 0 Å². The second-order valence-corrected chi connectivity index (χ2v) is 4.30. The summed E-state index contributed by atoms with van der Waals surface area (Å²) in [4.78, 5) is 0. The average molecular weight is 282 g/mol. The van der Waals surface area contributed by atoms with Crippen LogP contribution in [0.4, 0.5) is 13.2 Å². The molecule has 0 aliphatic carbocycles. The van der Waals surface area contributed by atoms with E-state index in [9.17, 15) is 18.3 Å². The smallest absolute Gasteiger partial charge is 0.416 e. The Hall–Kier alpha value is -2.37. The van der Waals surface area contributed by atoms with Gasteiger partial charge in [-0.05, 0) is 35.9 Å². The molecule has 0 amide bonds. The minimum absolute atomic E-state index is 0.0767. The lowest BCUT2D eigenvalue weighted by Gasteiger charge is -2.11. The highest BCUT2D eigenvalue weighted by molar-refractivity contribution is 5.73. The number of hydrogen-bond donors (Lipinski definition) is 1. The van der Waals surface area contributed by atoms with E-state index >= 15 is 0 Å². The summed E-state index contributed by atoms with van der Waals surface area (Å²) >= 11 is 0. The molecule has 0 saturated heterocycles. The fourth-order valence-corrected chi connectivity index (χ4v) is 2.01. The quantitative estimate of drug-likeness (QED) is 0.864. The molecule has 1 aliphatic heterocycles. The lowest BCUT2D eigenvalue weighted by atomic mass is 10.0. The average Bonchev–Trinajstić information content (AvgIpc) is 2.85. The van der Waals surface area contributed by atoms with E-state index in [0.29, 0.717) is 17.1 Å². The van der Waals surface area contributed by atoms with Crippen LogP contribution in [0.1, 0.15) is 5.56 Å². The first kappa shape index (κ1) is 12.7. The zero-order chi connectivity index (χ0) is 14.3. The minimum Gasteiger partial charge on any atom is -0.507 e. The van der Waals surface area contributed by atoms with Gasteiger partial charge < -0.3 is 14.6 Å². The number of benzene rings is 2. The fourth-order valence-electron chi connectivity index (χ4n) is 2.01. The van der Waals surface area contributed by atoms with Gasteiger partial charge in [0.1, 0.15) is 5.75 Å². The van der Waals surface area contributed by atoms with Gasteiger partial charge in [-0.2, -0.15) is 13.2 Å². The molecular weight excluding hydrogens is 273 g/mol. The van der Waals surface area contributed by atoms with Crippen molar-refractivity contribution in [1.29, 1.82) is 0 Å². The molecule has 3 nitrogen and oxygen atoms in total. The predicted molar refractivity (Wildman–Crippen MR) is 64.7 cm³/mol. The van der Waals surface area contributed by atoms with Crippen LogP contribution in [0.15, 0.2) is 36.4 Å². The van der Waals surface area contributed by atoms with Crippen molar-refractivity contribution >= 4 is 0 Å². The number of phenols is 1. The van der Waals surface area contributed by atoms with Crippen molar-refractivity contribution in [3.63, 3.8) is 0 Å². The normalized spacial score (nSPS) is 13.6. The van der Waals surface area contributed by atoms with Crippen molar-refractivity contribution in [2.24, 2.45) is 0 Å². The third kappa shape index (κ3) is 2.13. The third-order valence-electron chi connectivity index (χ3n) is 3.01. The number of alkyl halides is 3. The molecule has 1 heterocycles. The summed E-state index contributed by atoms with van der Waals surface area (Å²) in [6.07, 6.45) is -4.46. The van der Waals surface area contributed by atoms with Crippen LogP contribution in [-0.4, -0.2) is 11.9 Å². The molecule has 2 aromatic carbocycles. The van der Waals surface area contributed by atoms with E-state index in [1.807, 2.05) is 0 Å². The van der Waals surface area contributed by atoms with Crippen LogP contribution in [0.5, 0.6) is 17.2 Å². The largest absolute Gasteiger partial charge is 0.507 e. The van der Waals surface area contributed by atoms with Gasteiger partial charge in [0.2, 0.25) is 6.79 Å². The number of aromatic hydroxyl groups is 1. The van der Waals surface area contributed by atoms with Gasteiger partial charge in [-0.3, -0.25) is 0 Å². The lowest BCUT2D eigenvalue weighted by Crippen LogP contribution is -2.04. The third-order valence-corrected chi connectivity index (χ3v) is 3.01. The summed E-state index contributed by atoms with van der Waals surface area (Å²) in [5, 5.41) is 9.76. The fraction of sp³-hybridized carbons (Fsp3) is 0.143. The van der Waals surface area contributed by atoms with Crippen LogP contribution in [0, 0.1) is 0 Å². The second-order valence-electron chi connectivity index (χ2n) is 4.30. The zero-order valence-corrected chi connectivity index (χ0v) is 10.1. The summed E-state index contributed by atoms with van der Waals surface area (Å²) in [7, 11) is 0. The monoisotopic (exact) mass is 282 g/mol. The summed E-state index contributed by atoms with van der Waals surface area (Å²) < 4.78 is 48.4. The maximum absolute atomic E-state index is 12.7. The van der Waals surface area contributed by atoms with Crippen LogP contribution in [0.25, 0.3) is 11.1 Å². The first-order valence-corrected chi connectivity index (χ1v) is 5.75. The molecule has 0 fully saturated rings. The highest BCUT2D eigenvalue weighted by Gasteiger charge is 2.31. The van der Waals surface area contributed by atoms with Gasteiger partial charge in [-0.1, -0.05) is 6.07 Å². The van der Waals surface area contributed by atoms with Crippen molar-refractivity contribution in [3.8, 4) is 28.4 Å². The van der Waals surface area contributed by atoms with Crippen LogP contribution >= 0.6 is 0 Å². The molecule has 20 heavy (non-hydrogen) atoms. The van der Waals surface area contributed by atoms with Crippen molar-refractivity contribution in [2.75, 3.05) is 6.79 Å². The molecule has 104 valence electrons. The predicted octanol–water partition coefficient (Wildman–Crippen LogP) is 3.81. The molecule has 0 spiro atoms. The number of halogens is 3. The highest BCUT2D eigenvalue weighted by Crippen LogP contribution is 2.40. The SMILES string of the molecule is Oc1ccc(C(F)(F)F)cc1-c1ccc2c(c1)OCO2. The maximum Gasteiger partial charge on any atom is 0.416 e. The van der Waals surface area contributed by atoms with Gasteiger partial charge in [0.15, 0.2) is 11.5 Å². The molecule has 3 rings (SSSR count). The number of hydrogen-bond acceptors (Lipinski definition) is 3. The van der Waals surface area contributed by atoms with E-state index in [1.165, 1.54) is 6.07 Å². The van der Waals surface area contributed by atoms with Crippen LogP contribution in [-0.2, 0) is 6.18 Å². The first-order chi connectivity index (χ1) is 9.45. The number of ether oxygens (including phenoxy) is 2. The summed E-state index contributed by atoms with van der Waals surface area (Å²) in [6, 6.07) is 7.49. The topological polar surface area (TPSA) is 38.7 Å². The minimum atomic E-state index is -4.46. The molecule has 1 N–H and O–H groups in total. The zero-order valence-electron chi connectivity index (χ0n) is 10.1. The highest BCUT2D eigenvalue weighted by atomic mass is 19.4. The van der Waals surface area contributed by atoms with Gasteiger partial charge in [0.05, 0.1) is 5.56 Å². The molecule has 0 radical (unpaired) electrons. The molecule has 0 unspecified atom stereocenters. The van der Waals surface area contributed by atoms with E-state index < -0.39 is 11.7 Å². The van der Waals surface area contributed by atoms with Gasteiger partial charge in [-0.25, -0.2) is 0 Å². The summed E-state index contributed by atoms with van der Waals surface area (Å²) in [5.41, 5.74) is -0.293. The van der Waals surface area contributed by atoms with Crippen LogP contribution in [0.2, 0.25) is 0 Å². The second kappa shape index (κ2) is 4.33. The van der Waals surface area contributed by atoms with E-state index in [1.54, 1.807) is 12.1 Å². The van der Waals surface area contributed by atoms with E-state index in [-0.39, 0.29) is 18.1 Å². The number of fused-ring (bicyclic) bond motifs is 1. The molecule has 6 heteroatoms. The summed E-state index contributed by atoms with van der Waals surface area (Å²) in [5.74, 6) is 0.747. The summed E-state index contributed by atoms with van der Waals surface area (Å²) in [6.45, 7) is 0.0767. The molecule has 0 bridgehead atoms. The Morgan fingerprint density at radius 2 is 1.70 bits per heavy atom. The Morgan fingerprint density at radius 1 is 0.950 bits per heavy atom. The van der Waals surface area contributed by atoms with Crippen molar-refractivity contribution in [1.82, 2.24) is 0 Å². The van der Waals surface area contributed by atoms with E-state index in [0.717, 1.165) is 18.2 Å². The number of rotatable bonds is 1. The standard InChI is InChI=1S/C14H9F3O3/c15-14(16,17)9-2-3-11(18)10(6-9)8-1-4-12-13(5-8)20-7-19-12/h1-6,18H,7H2. The van der Waals surface area contributed by atoms with Crippen molar-refractivity contribution in [2.45, 2.75) is 6.18 Å². The first-order valence-electron chi connectivity index (χ1n) is 5.75. The van der Waals surface area contributed by atoms with Gasteiger partial charge in [0.25, 0.3) is 0 Å². The molecule has 0 aromatic heterocycles. The van der Waals surface area contributed by atoms with Crippen LogP contribution < -0.4 is 9.47 Å². The van der Waals surface area contributed by atoms with Gasteiger partial charge in [0, 0.05) is 5.56 Å². The Bertz CT molecular complexity index is 665. The molecule has 0 atom stereocenters. The Morgan fingerprint density at radius 3 is 2.45 bits per heavy atom. The molecule has 1 aliphatic rings. The van der Waals surface area contributed by atoms with Crippen molar-refractivity contribution in [3.05, 3.63) is 42.0 Å². The number of phenolic OH excluding ortho intramolecular Hbond substituents is 1. The Balaban J connectivity index is 2.09.